The minimum Gasteiger partial charge on any atom is -0.388 e. The van der Waals surface area contributed by atoms with Crippen LogP contribution in [0, 0.1) is 0 Å². The second kappa shape index (κ2) is 5.11. The third kappa shape index (κ3) is 3.90. The van der Waals surface area contributed by atoms with Gasteiger partial charge in [-0.1, -0.05) is 12.1 Å². The molecule has 0 amide bonds. The fourth-order valence-electron chi connectivity index (χ4n) is 2.11. The van der Waals surface area contributed by atoms with E-state index >= 15 is 0 Å². The van der Waals surface area contributed by atoms with Gasteiger partial charge in [-0.3, -0.25) is 0 Å². The van der Waals surface area contributed by atoms with Crippen molar-refractivity contribution in [2.24, 2.45) is 0 Å². The Hall–Kier alpha value is -0.720. The van der Waals surface area contributed by atoms with E-state index in [-0.39, 0.29) is 16.7 Å². The summed E-state index contributed by atoms with van der Waals surface area (Å²) in [5.74, 6) is 0. The van der Waals surface area contributed by atoms with Crippen molar-refractivity contribution in [1.82, 2.24) is 5.32 Å². The second-order valence-corrected chi connectivity index (χ2v) is 5.66. The van der Waals surface area contributed by atoms with Crippen molar-refractivity contribution in [2.75, 3.05) is 13.1 Å². The lowest BCUT2D eigenvalue weighted by Crippen LogP contribution is -2.33. The van der Waals surface area contributed by atoms with E-state index in [0.717, 1.165) is 12.1 Å². The van der Waals surface area contributed by atoms with Crippen molar-refractivity contribution in [3.8, 4) is 0 Å². The van der Waals surface area contributed by atoms with Gasteiger partial charge in [-0.05, 0) is 42.4 Å². The van der Waals surface area contributed by atoms with Gasteiger partial charge in [0.2, 0.25) is 0 Å². The van der Waals surface area contributed by atoms with Crippen molar-refractivity contribution >= 4 is 11.8 Å². The van der Waals surface area contributed by atoms with E-state index < -0.39 is 11.1 Å². The van der Waals surface area contributed by atoms with Gasteiger partial charge < -0.3 is 10.4 Å². The number of rotatable bonds is 3. The lowest BCUT2D eigenvalue weighted by molar-refractivity contribution is -0.0328. The van der Waals surface area contributed by atoms with E-state index in [1.165, 1.54) is 12.1 Å². The molecule has 1 aromatic carbocycles. The van der Waals surface area contributed by atoms with Crippen molar-refractivity contribution in [2.45, 2.75) is 28.8 Å². The third-order valence-corrected chi connectivity index (χ3v) is 3.61. The molecule has 1 aromatic rings. The van der Waals surface area contributed by atoms with Gasteiger partial charge in [0.05, 0.1) is 5.60 Å². The Bertz CT molecular complexity index is 416. The smallest absolute Gasteiger partial charge is 0.388 e. The standard InChI is InChI=1S/C12H14F3NOS/c13-12(14,15)18-10-3-1-2-9(6-10)7-11(17)4-5-16-8-11/h1-3,6,16-17H,4-5,7-8H2. The van der Waals surface area contributed by atoms with Gasteiger partial charge in [-0.25, -0.2) is 0 Å². The minimum atomic E-state index is -4.27. The molecule has 2 rings (SSSR count). The number of aliphatic hydroxyl groups is 1. The van der Waals surface area contributed by atoms with Gasteiger partial charge in [0.1, 0.15) is 0 Å². The molecule has 1 aliphatic heterocycles. The first kappa shape index (κ1) is 13.7. The van der Waals surface area contributed by atoms with Crippen LogP contribution in [-0.4, -0.2) is 29.3 Å². The zero-order chi connectivity index (χ0) is 13.2. The van der Waals surface area contributed by atoms with Crippen molar-refractivity contribution in [3.05, 3.63) is 29.8 Å². The van der Waals surface area contributed by atoms with Crippen LogP contribution in [0.1, 0.15) is 12.0 Å². The molecule has 1 atom stereocenters. The maximum Gasteiger partial charge on any atom is 0.446 e. The fraction of sp³-hybridized carbons (Fsp3) is 0.500. The molecule has 18 heavy (non-hydrogen) atoms. The first-order valence-electron chi connectivity index (χ1n) is 5.64. The molecule has 100 valence electrons. The number of hydrogen-bond acceptors (Lipinski definition) is 3. The molecule has 1 saturated heterocycles. The van der Waals surface area contributed by atoms with Gasteiger partial charge in [0.15, 0.2) is 0 Å². The molecule has 0 aliphatic carbocycles. The van der Waals surface area contributed by atoms with E-state index in [1.807, 2.05) is 0 Å². The lowest BCUT2D eigenvalue weighted by atomic mass is 9.94. The van der Waals surface area contributed by atoms with Crippen LogP contribution in [0.25, 0.3) is 0 Å². The van der Waals surface area contributed by atoms with Crippen LogP contribution in [0.3, 0.4) is 0 Å². The Morgan fingerprint density at radius 1 is 1.39 bits per heavy atom. The zero-order valence-corrected chi connectivity index (χ0v) is 10.4. The van der Waals surface area contributed by atoms with Gasteiger partial charge in [-0.2, -0.15) is 13.2 Å². The predicted octanol–water partition coefficient (Wildman–Crippen LogP) is 2.57. The summed E-state index contributed by atoms with van der Waals surface area (Å²) in [6.45, 7) is 1.23. The number of benzene rings is 1. The lowest BCUT2D eigenvalue weighted by Gasteiger charge is -2.21. The van der Waals surface area contributed by atoms with Crippen molar-refractivity contribution < 1.29 is 18.3 Å². The monoisotopic (exact) mass is 277 g/mol. The second-order valence-electron chi connectivity index (χ2n) is 4.52. The molecule has 0 spiro atoms. The maximum absolute atomic E-state index is 12.3. The number of nitrogens with one attached hydrogen (secondary N) is 1. The highest BCUT2D eigenvalue weighted by atomic mass is 32.2. The number of halogens is 3. The van der Waals surface area contributed by atoms with Crippen molar-refractivity contribution in [3.63, 3.8) is 0 Å². The normalized spacial score (nSPS) is 24.4. The number of alkyl halides is 3. The van der Waals surface area contributed by atoms with E-state index in [2.05, 4.69) is 5.32 Å². The van der Waals surface area contributed by atoms with E-state index in [0.29, 0.717) is 19.4 Å². The van der Waals surface area contributed by atoms with Gasteiger partial charge in [-0.15, -0.1) is 0 Å². The van der Waals surface area contributed by atoms with Crippen LogP contribution in [0.2, 0.25) is 0 Å². The highest BCUT2D eigenvalue weighted by molar-refractivity contribution is 8.00. The van der Waals surface area contributed by atoms with Gasteiger partial charge in [0.25, 0.3) is 0 Å². The molecule has 2 nitrogen and oxygen atoms in total. The highest BCUT2D eigenvalue weighted by Gasteiger charge is 2.32. The number of thioether (sulfide) groups is 1. The Balaban J connectivity index is 2.07. The van der Waals surface area contributed by atoms with Crippen LogP contribution < -0.4 is 5.32 Å². The number of hydrogen-bond donors (Lipinski definition) is 2. The zero-order valence-electron chi connectivity index (χ0n) is 9.63. The molecular weight excluding hydrogens is 263 g/mol. The molecule has 0 radical (unpaired) electrons. The maximum atomic E-state index is 12.3. The first-order valence-corrected chi connectivity index (χ1v) is 6.46. The molecular formula is C12H14F3NOS. The average molecular weight is 277 g/mol. The molecule has 2 N–H and O–H groups in total. The van der Waals surface area contributed by atoms with Crippen LogP contribution in [0.4, 0.5) is 13.2 Å². The topological polar surface area (TPSA) is 32.3 Å². The van der Waals surface area contributed by atoms with E-state index in [4.69, 9.17) is 0 Å². The van der Waals surface area contributed by atoms with Crippen LogP contribution in [0.5, 0.6) is 0 Å². The molecule has 1 unspecified atom stereocenters. The minimum absolute atomic E-state index is 0.126. The summed E-state index contributed by atoms with van der Waals surface area (Å²) in [6, 6.07) is 6.26. The fourth-order valence-corrected chi connectivity index (χ4v) is 2.74. The van der Waals surface area contributed by atoms with E-state index in [9.17, 15) is 18.3 Å². The average Bonchev–Trinajstić information content (AvgIpc) is 2.62. The Morgan fingerprint density at radius 3 is 2.78 bits per heavy atom. The first-order chi connectivity index (χ1) is 8.36. The summed E-state index contributed by atoms with van der Waals surface area (Å²) in [4.78, 5) is 0.162. The molecule has 1 aliphatic rings. The predicted molar refractivity (Wildman–Crippen MR) is 64.5 cm³/mol. The Labute approximate surface area is 108 Å². The molecule has 1 heterocycles. The molecule has 0 saturated carbocycles. The van der Waals surface area contributed by atoms with Gasteiger partial charge >= 0.3 is 5.51 Å². The molecule has 1 fully saturated rings. The summed E-state index contributed by atoms with van der Waals surface area (Å²) in [5, 5.41) is 13.2. The third-order valence-electron chi connectivity index (χ3n) is 2.89. The molecule has 0 bridgehead atoms. The Kier molecular flexibility index (Phi) is 3.89. The SMILES string of the molecule is OC1(Cc2cccc(SC(F)(F)F)c2)CCNC1. The Morgan fingerprint density at radius 2 is 2.17 bits per heavy atom. The summed E-state index contributed by atoms with van der Waals surface area (Å²) in [5.41, 5.74) is -4.37. The van der Waals surface area contributed by atoms with E-state index in [1.54, 1.807) is 12.1 Å². The van der Waals surface area contributed by atoms with Crippen molar-refractivity contribution in [1.29, 1.82) is 0 Å². The summed E-state index contributed by atoms with van der Waals surface area (Å²) < 4.78 is 36.8. The molecule has 0 aromatic heterocycles. The summed E-state index contributed by atoms with van der Waals surface area (Å²) >= 11 is -0.126. The van der Waals surface area contributed by atoms with Crippen LogP contribution in [0.15, 0.2) is 29.2 Å². The summed E-state index contributed by atoms with van der Waals surface area (Å²) in [7, 11) is 0. The quantitative estimate of drug-likeness (QED) is 0.833. The van der Waals surface area contributed by atoms with Crippen LogP contribution in [-0.2, 0) is 6.42 Å². The summed E-state index contributed by atoms with van der Waals surface area (Å²) in [6.07, 6.45) is 1.01. The highest BCUT2D eigenvalue weighted by Crippen LogP contribution is 2.37. The number of β-amino-alcohol motifs (C(OH)–C–C–N with tert-alkyl or cyclic N) is 1. The van der Waals surface area contributed by atoms with Crippen LogP contribution >= 0.6 is 11.8 Å². The molecule has 6 heteroatoms. The largest absolute Gasteiger partial charge is 0.446 e. The van der Waals surface area contributed by atoms with Gasteiger partial charge in [0, 0.05) is 17.9 Å².